The summed E-state index contributed by atoms with van der Waals surface area (Å²) in [5.41, 5.74) is 3.98. The maximum Gasteiger partial charge on any atom is 0.339 e. The van der Waals surface area contributed by atoms with E-state index < -0.39 is 0 Å². The van der Waals surface area contributed by atoms with Gasteiger partial charge in [-0.05, 0) is 69.4 Å². The highest BCUT2D eigenvalue weighted by Gasteiger charge is 2.08. The van der Waals surface area contributed by atoms with E-state index in [0.717, 1.165) is 18.4 Å². The number of aryl methyl sites for hydroxylation is 1. The Hall–Kier alpha value is -2.75. The first-order chi connectivity index (χ1) is 19.0. The number of benzene rings is 1. The number of unbranched alkanes of at least 4 members (excludes halogenated alkanes) is 12. The first-order valence-electron chi connectivity index (χ1n) is 15.5. The number of carbonyl (C=O) groups excluding carboxylic acids is 1. The Bertz CT molecular complexity index is 990. The van der Waals surface area contributed by atoms with Crippen molar-refractivity contribution in [2.24, 2.45) is 0 Å². The molecule has 1 aromatic carbocycles. The molecule has 0 spiro atoms. The molecule has 1 aromatic heterocycles. The van der Waals surface area contributed by atoms with Crippen molar-refractivity contribution in [1.29, 1.82) is 0 Å². The van der Waals surface area contributed by atoms with Gasteiger partial charge < -0.3 is 4.74 Å². The molecule has 0 radical (unpaired) electrons. The van der Waals surface area contributed by atoms with Crippen LogP contribution in [0.1, 0.15) is 130 Å². The zero-order chi connectivity index (χ0) is 28.1. The fourth-order valence-corrected chi connectivity index (χ4v) is 4.56. The van der Waals surface area contributed by atoms with E-state index in [0.29, 0.717) is 17.1 Å². The Balaban J connectivity index is 1.72. The molecule has 2 rings (SSSR count). The molecule has 1 heterocycles. The van der Waals surface area contributed by atoms with Gasteiger partial charge in [0.15, 0.2) is 5.82 Å². The number of ether oxygens (including phenoxy) is 1. The predicted octanol–water partition coefficient (Wildman–Crippen LogP) is 10.4. The molecule has 39 heavy (non-hydrogen) atoms. The van der Waals surface area contributed by atoms with Crippen LogP contribution in [-0.4, -0.2) is 15.9 Å². The van der Waals surface area contributed by atoms with Gasteiger partial charge in [-0.15, -0.1) is 0 Å². The minimum absolute atomic E-state index is 0.328. The minimum Gasteiger partial charge on any atom is -0.423 e. The molecule has 214 valence electrons. The number of esters is 1. The van der Waals surface area contributed by atoms with Crippen molar-refractivity contribution in [3.63, 3.8) is 0 Å². The predicted molar refractivity (Wildman–Crippen MR) is 165 cm³/mol. The average Bonchev–Trinajstić information content (AvgIpc) is 2.95. The van der Waals surface area contributed by atoms with Crippen LogP contribution in [0, 0.1) is 0 Å². The first kappa shape index (κ1) is 32.5. The summed E-state index contributed by atoms with van der Waals surface area (Å²) in [6, 6.07) is 7.41. The standard InChI is InChI=1S/C35H52N2O2/c1-5-7-9-11-12-13-14-15-16-18-20-31-27-36-34(37-28-31)32-23-25-33(26-24-32)39-35(38)30(4)22-21-29(3)19-17-10-8-6-2/h21-28H,5-20H2,1-4H3. The van der Waals surface area contributed by atoms with Gasteiger partial charge in [0.25, 0.3) is 0 Å². The van der Waals surface area contributed by atoms with E-state index in [4.69, 9.17) is 4.74 Å². The van der Waals surface area contributed by atoms with E-state index in [9.17, 15) is 4.79 Å². The molecule has 0 aliphatic carbocycles. The van der Waals surface area contributed by atoms with Crippen molar-refractivity contribution in [3.8, 4) is 17.1 Å². The first-order valence-corrected chi connectivity index (χ1v) is 15.5. The average molecular weight is 533 g/mol. The molecule has 0 atom stereocenters. The van der Waals surface area contributed by atoms with Gasteiger partial charge in [-0.3, -0.25) is 0 Å². The number of nitrogens with zero attached hydrogens (tertiary/aromatic N) is 2. The third-order valence-corrected chi connectivity index (χ3v) is 7.21. The molecule has 2 aromatic rings. The second-order valence-corrected chi connectivity index (χ2v) is 10.9. The fraction of sp³-hybridized carbons (Fsp3) is 0.571. The van der Waals surface area contributed by atoms with Crippen molar-refractivity contribution < 1.29 is 9.53 Å². The van der Waals surface area contributed by atoms with Crippen LogP contribution in [0.2, 0.25) is 0 Å². The summed E-state index contributed by atoms with van der Waals surface area (Å²) in [5.74, 6) is 0.884. The lowest BCUT2D eigenvalue weighted by Crippen LogP contribution is -2.09. The number of aromatic nitrogens is 2. The van der Waals surface area contributed by atoms with Gasteiger partial charge in [0.05, 0.1) is 0 Å². The topological polar surface area (TPSA) is 52.1 Å². The third kappa shape index (κ3) is 14.3. The molecule has 0 unspecified atom stereocenters. The van der Waals surface area contributed by atoms with Crippen LogP contribution in [0.4, 0.5) is 0 Å². The van der Waals surface area contributed by atoms with Gasteiger partial charge in [0.1, 0.15) is 5.75 Å². The van der Waals surface area contributed by atoms with Crippen LogP contribution in [0.5, 0.6) is 5.75 Å². The van der Waals surface area contributed by atoms with E-state index in [-0.39, 0.29) is 5.97 Å². The van der Waals surface area contributed by atoms with E-state index in [1.165, 1.54) is 101 Å². The van der Waals surface area contributed by atoms with Crippen LogP contribution in [-0.2, 0) is 11.2 Å². The number of allylic oxidation sites excluding steroid dienone is 3. The van der Waals surface area contributed by atoms with Crippen LogP contribution in [0.3, 0.4) is 0 Å². The Morgan fingerprint density at radius 2 is 1.26 bits per heavy atom. The number of carbonyl (C=O) groups is 1. The molecule has 0 fully saturated rings. The number of rotatable bonds is 20. The lowest BCUT2D eigenvalue weighted by molar-refractivity contribution is -0.130. The van der Waals surface area contributed by atoms with E-state index in [1.54, 1.807) is 19.1 Å². The Kier molecular flexibility index (Phi) is 16.8. The summed E-state index contributed by atoms with van der Waals surface area (Å²) < 4.78 is 5.56. The molecule has 4 heteroatoms. The molecule has 0 bridgehead atoms. The highest BCUT2D eigenvalue weighted by Crippen LogP contribution is 2.21. The summed E-state index contributed by atoms with van der Waals surface area (Å²) >= 11 is 0. The van der Waals surface area contributed by atoms with E-state index in [1.807, 2.05) is 36.7 Å². The smallest absolute Gasteiger partial charge is 0.339 e. The lowest BCUT2D eigenvalue weighted by Gasteiger charge is -2.06. The molecule has 0 N–H and O–H groups in total. The fourth-order valence-electron chi connectivity index (χ4n) is 4.56. The lowest BCUT2D eigenvalue weighted by atomic mass is 10.0. The van der Waals surface area contributed by atoms with Crippen molar-refractivity contribution in [2.45, 2.75) is 130 Å². The Morgan fingerprint density at radius 1 is 0.718 bits per heavy atom. The molecular formula is C35H52N2O2. The summed E-state index contributed by atoms with van der Waals surface area (Å²) in [7, 11) is 0. The van der Waals surface area contributed by atoms with Crippen LogP contribution in [0.15, 0.2) is 60.0 Å². The van der Waals surface area contributed by atoms with Crippen molar-refractivity contribution >= 4 is 5.97 Å². The highest BCUT2D eigenvalue weighted by atomic mass is 16.5. The summed E-state index contributed by atoms with van der Waals surface area (Å²) in [4.78, 5) is 21.6. The van der Waals surface area contributed by atoms with E-state index in [2.05, 4.69) is 30.7 Å². The molecule has 4 nitrogen and oxygen atoms in total. The normalized spacial score (nSPS) is 12.1. The molecule has 0 aliphatic rings. The summed E-state index contributed by atoms with van der Waals surface area (Å²) in [6.45, 7) is 8.40. The quantitative estimate of drug-likeness (QED) is 0.0559. The van der Waals surface area contributed by atoms with Gasteiger partial charge >= 0.3 is 5.97 Å². The summed E-state index contributed by atoms with van der Waals surface area (Å²) in [6.07, 6.45) is 28.3. The molecule has 0 amide bonds. The van der Waals surface area contributed by atoms with Gasteiger partial charge in [0.2, 0.25) is 0 Å². The second kappa shape index (κ2) is 20.2. The van der Waals surface area contributed by atoms with Crippen LogP contribution < -0.4 is 4.74 Å². The largest absolute Gasteiger partial charge is 0.423 e. The van der Waals surface area contributed by atoms with Crippen molar-refractivity contribution in [1.82, 2.24) is 9.97 Å². The zero-order valence-electron chi connectivity index (χ0n) is 25.1. The molecular weight excluding hydrogens is 480 g/mol. The highest BCUT2D eigenvalue weighted by molar-refractivity contribution is 5.89. The monoisotopic (exact) mass is 532 g/mol. The van der Waals surface area contributed by atoms with Gasteiger partial charge in [-0.25, -0.2) is 14.8 Å². The minimum atomic E-state index is -0.328. The number of hydrogen-bond donors (Lipinski definition) is 0. The zero-order valence-corrected chi connectivity index (χ0v) is 25.1. The molecule has 0 saturated heterocycles. The van der Waals surface area contributed by atoms with Crippen molar-refractivity contribution in [2.75, 3.05) is 0 Å². The van der Waals surface area contributed by atoms with Gasteiger partial charge in [-0.2, -0.15) is 0 Å². The van der Waals surface area contributed by atoms with Gasteiger partial charge in [0, 0.05) is 23.5 Å². The maximum atomic E-state index is 12.5. The Morgan fingerprint density at radius 3 is 1.85 bits per heavy atom. The maximum absolute atomic E-state index is 12.5. The van der Waals surface area contributed by atoms with E-state index >= 15 is 0 Å². The molecule has 0 saturated carbocycles. The molecule has 0 aliphatic heterocycles. The van der Waals surface area contributed by atoms with Gasteiger partial charge in [-0.1, -0.05) is 109 Å². The third-order valence-electron chi connectivity index (χ3n) is 7.21. The van der Waals surface area contributed by atoms with Crippen molar-refractivity contribution in [3.05, 3.63) is 65.5 Å². The van der Waals surface area contributed by atoms with Crippen LogP contribution in [0.25, 0.3) is 11.4 Å². The van der Waals surface area contributed by atoms with Crippen LogP contribution >= 0.6 is 0 Å². The Labute approximate surface area is 238 Å². The summed E-state index contributed by atoms with van der Waals surface area (Å²) in [5, 5.41) is 0. The SMILES string of the molecule is CCCCCCCCCCCCc1cnc(-c2ccc(OC(=O)C(C)=CC=C(C)CCCCCC)cc2)nc1. The number of hydrogen-bond acceptors (Lipinski definition) is 4. The second-order valence-electron chi connectivity index (χ2n) is 10.9.